The first-order valence-corrected chi connectivity index (χ1v) is 11.4. The summed E-state index contributed by atoms with van der Waals surface area (Å²) in [5.41, 5.74) is 0. The van der Waals surface area contributed by atoms with E-state index in [1.165, 1.54) is 38.5 Å². The van der Waals surface area contributed by atoms with Gasteiger partial charge in [0.15, 0.2) is 0 Å². The molecular formula is C19H43NO6S. The third-order valence-corrected chi connectivity index (χ3v) is 4.42. The lowest BCUT2D eigenvalue weighted by Crippen LogP contribution is -2.49. The molecule has 166 valence electrons. The SMILES string of the molecule is CCCCCOC(C)C[N+](C)(C)CC(C)OCCCCC.COS(=O)(=O)[O-]. The molecule has 0 aromatic rings. The van der Waals surface area contributed by atoms with E-state index in [0.717, 1.165) is 37.9 Å². The van der Waals surface area contributed by atoms with Gasteiger partial charge >= 0.3 is 0 Å². The first kappa shape index (κ1) is 29.0. The zero-order valence-electron chi connectivity index (χ0n) is 18.5. The Labute approximate surface area is 167 Å². The van der Waals surface area contributed by atoms with Gasteiger partial charge in [0.1, 0.15) is 25.3 Å². The van der Waals surface area contributed by atoms with E-state index in [1.54, 1.807) is 0 Å². The second kappa shape index (κ2) is 16.7. The molecule has 2 unspecified atom stereocenters. The maximum atomic E-state index is 9.22. The van der Waals surface area contributed by atoms with Gasteiger partial charge in [-0.2, -0.15) is 0 Å². The third kappa shape index (κ3) is 23.7. The highest BCUT2D eigenvalue weighted by atomic mass is 32.3. The van der Waals surface area contributed by atoms with Crippen LogP contribution >= 0.6 is 0 Å². The molecule has 0 radical (unpaired) electrons. The molecule has 0 aliphatic carbocycles. The van der Waals surface area contributed by atoms with E-state index >= 15 is 0 Å². The number of quaternary nitrogens is 1. The molecule has 0 heterocycles. The smallest absolute Gasteiger partial charge is 0.217 e. The minimum Gasteiger partial charge on any atom is -0.726 e. The molecule has 0 bridgehead atoms. The van der Waals surface area contributed by atoms with Gasteiger partial charge < -0.3 is 18.5 Å². The van der Waals surface area contributed by atoms with Crippen LogP contribution in [-0.4, -0.2) is 77.2 Å². The molecule has 0 rings (SSSR count). The van der Waals surface area contributed by atoms with Crippen LogP contribution in [0, 0.1) is 0 Å². The zero-order chi connectivity index (χ0) is 21.3. The number of unbranched alkanes of at least 4 members (excludes halogenated alkanes) is 4. The fourth-order valence-electron chi connectivity index (χ4n) is 2.85. The molecule has 0 saturated heterocycles. The highest BCUT2D eigenvalue weighted by molar-refractivity contribution is 7.80. The quantitative estimate of drug-likeness (QED) is 0.177. The number of ether oxygens (including phenoxy) is 2. The van der Waals surface area contributed by atoms with Crippen LogP contribution in [0.25, 0.3) is 0 Å². The Kier molecular flexibility index (Phi) is 17.9. The van der Waals surface area contributed by atoms with Gasteiger partial charge in [0.25, 0.3) is 0 Å². The van der Waals surface area contributed by atoms with E-state index in [-0.39, 0.29) is 0 Å². The summed E-state index contributed by atoms with van der Waals surface area (Å²) in [7, 11) is 0.947. The predicted molar refractivity (Wildman–Crippen MR) is 108 cm³/mol. The Morgan fingerprint density at radius 2 is 1.19 bits per heavy atom. The minimum atomic E-state index is -4.41. The molecule has 0 aliphatic heterocycles. The molecule has 8 heteroatoms. The molecule has 0 aliphatic rings. The number of nitrogens with zero attached hydrogens (tertiary/aromatic N) is 1. The fraction of sp³-hybridized carbons (Fsp3) is 1.00. The van der Waals surface area contributed by atoms with Gasteiger partial charge in [0.2, 0.25) is 10.4 Å². The van der Waals surface area contributed by atoms with Crippen molar-refractivity contribution in [3.63, 3.8) is 0 Å². The van der Waals surface area contributed by atoms with Crippen LogP contribution in [0.2, 0.25) is 0 Å². The Morgan fingerprint density at radius 3 is 1.44 bits per heavy atom. The zero-order valence-corrected chi connectivity index (χ0v) is 19.3. The van der Waals surface area contributed by atoms with Crippen molar-refractivity contribution >= 4 is 10.4 Å². The van der Waals surface area contributed by atoms with Crippen molar-refractivity contribution in [2.24, 2.45) is 0 Å². The first-order chi connectivity index (χ1) is 12.5. The van der Waals surface area contributed by atoms with Crippen LogP contribution in [0.1, 0.15) is 66.2 Å². The van der Waals surface area contributed by atoms with Crippen LogP contribution in [0.3, 0.4) is 0 Å². The van der Waals surface area contributed by atoms with Crippen molar-refractivity contribution in [3.05, 3.63) is 0 Å². The second-order valence-electron chi connectivity index (χ2n) is 7.65. The first-order valence-electron chi connectivity index (χ1n) is 10.0. The van der Waals surface area contributed by atoms with E-state index in [9.17, 15) is 13.0 Å². The molecule has 0 spiro atoms. The molecule has 0 fully saturated rings. The summed E-state index contributed by atoms with van der Waals surface area (Å²) in [5.74, 6) is 0. The van der Waals surface area contributed by atoms with Crippen LogP contribution in [-0.2, 0) is 24.1 Å². The molecule has 27 heavy (non-hydrogen) atoms. The van der Waals surface area contributed by atoms with Gasteiger partial charge in [-0.3, -0.25) is 4.18 Å². The van der Waals surface area contributed by atoms with E-state index < -0.39 is 10.4 Å². The van der Waals surface area contributed by atoms with Gasteiger partial charge in [-0.05, 0) is 26.7 Å². The highest BCUT2D eigenvalue weighted by Gasteiger charge is 2.22. The van der Waals surface area contributed by atoms with E-state index in [2.05, 4.69) is 46.0 Å². The van der Waals surface area contributed by atoms with Crippen molar-refractivity contribution in [2.45, 2.75) is 78.4 Å². The van der Waals surface area contributed by atoms with Crippen molar-refractivity contribution in [2.75, 3.05) is 47.5 Å². The lowest BCUT2D eigenvalue weighted by atomic mass is 10.2. The lowest BCUT2D eigenvalue weighted by molar-refractivity contribution is -0.896. The van der Waals surface area contributed by atoms with Gasteiger partial charge in [0, 0.05) is 13.2 Å². The number of rotatable bonds is 15. The van der Waals surface area contributed by atoms with Crippen LogP contribution in [0.4, 0.5) is 0 Å². The summed E-state index contributed by atoms with van der Waals surface area (Å²) in [6.45, 7) is 12.7. The predicted octanol–water partition coefficient (Wildman–Crippen LogP) is 3.35. The summed E-state index contributed by atoms with van der Waals surface area (Å²) < 4.78 is 43.8. The highest BCUT2D eigenvalue weighted by Crippen LogP contribution is 2.08. The van der Waals surface area contributed by atoms with Gasteiger partial charge in [-0.1, -0.05) is 39.5 Å². The van der Waals surface area contributed by atoms with E-state index in [1.807, 2.05) is 0 Å². The maximum Gasteiger partial charge on any atom is 0.217 e. The Morgan fingerprint density at radius 1 is 0.852 bits per heavy atom. The van der Waals surface area contributed by atoms with Gasteiger partial charge in [0.05, 0.1) is 21.2 Å². The number of hydrogen-bond donors (Lipinski definition) is 0. The summed E-state index contributed by atoms with van der Waals surface area (Å²) in [5, 5.41) is 0. The Balaban J connectivity index is 0. The topological polar surface area (TPSA) is 84.9 Å². The van der Waals surface area contributed by atoms with E-state index in [4.69, 9.17) is 9.47 Å². The second-order valence-corrected chi connectivity index (χ2v) is 8.80. The van der Waals surface area contributed by atoms with E-state index in [0.29, 0.717) is 12.2 Å². The molecular weight excluding hydrogens is 370 g/mol. The maximum absolute atomic E-state index is 9.22. The van der Waals surface area contributed by atoms with Crippen molar-refractivity contribution in [1.82, 2.24) is 0 Å². The van der Waals surface area contributed by atoms with Crippen molar-refractivity contribution in [3.8, 4) is 0 Å². The monoisotopic (exact) mass is 413 g/mol. The third-order valence-electron chi connectivity index (χ3n) is 4.01. The summed E-state index contributed by atoms with van der Waals surface area (Å²) in [6, 6.07) is 0. The van der Waals surface area contributed by atoms with Crippen molar-refractivity contribution in [1.29, 1.82) is 0 Å². The Bertz CT molecular complexity index is 406. The average molecular weight is 414 g/mol. The molecule has 2 atom stereocenters. The molecule has 0 aromatic heterocycles. The van der Waals surface area contributed by atoms with Crippen LogP contribution < -0.4 is 0 Å². The molecule has 7 nitrogen and oxygen atoms in total. The fourth-order valence-corrected chi connectivity index (χ4v) is 2.85. The Hall–Kier alpha value is -0.250. The summed E-state index contributed by atoms with van der Waals surface area (Å²) in [4.78, 5) is 0. The van der Waals surface area contributed by atoms with Gasteiger partial charge in [-0.15, -0.1) is 0 Å². The van der Waals surface area contributed by atoms with Crippen LogP contribution in [0.15, 0.2) is 0 Å². The normalized spacial score (nSPS) is 14.4. The lowest BCUT2D eigenvalue weighted by Gasteiger charge is -2.34. The molecule has 0 N–H and O–H groups in total. The minimum absolute atomic E-state index is 0.323. The average Bonchev–Trinajstić information content (AvgIpc) is 2.54. The molecule has 0 amide bonds. The van der Waals surface area contributed by atoms with Crippen molar-refractivity contribution < 1.29 is 31.1 Å². The largest absolute Gasteiger partial charge is 0.726 e. The summed E-state index contributed by atoms with van der Waals surface area (Å²) in [6.07, 6.45) is 8.07. The van der Waals surface area contributed by atoms with Crippen LogP contribution in [0.5, 0.6) is 0 Å². The van der Waals surface area contributed by atoms with Gasteiger partial charge in [-0.25, -0.2) is 8.42 Å². The number of hydrogen-bond acceptors (Lipinski definition) is 6. The summed E-state index contributed by atoms with van der Waals surface area (Å²) >= 11 is 0. The molecule has 0 aromatic carbocycles. The molecule has 0 saturated carbocycles. The standard InChI is InChI=1S/C18H40NO2.CH4O4S/c1-7-9-11-13-20-17(3)15-19(5,6)16-18(4)21-14-12-10-8-2;1-5-6(2,3)4/h17-18H,7-16H2,1-6H3;1H3,(H,2,3,4)/q+1;/p-1. The number of likely N-dealkylation sites (N-methyl/N-ethyl adjacent to an activating group) is 1.